The minimum Gasteiger partial charge on any atom is -0.369 e. The molecule has 1 aliphatic rings. The molecule has 25 heavy (non-hydrogen) atoms. The fourth-order valence-electron chi connectivity index (χ4n) is 3.03. The van der Waals surface area contributed by atoms with Crippen LogP contribution < -0.4 is 0 Å². The maximum Gasteiger partial charge on any atom is 0.115 e. The molecular formula is C18H20N6O. The zero-order valence-electron chi connectivity index (χ0n) is 14.1. The van der Waals surface area contributed by atoms with E-state index < -0.39 is 0 Å². The number of nitrogens with zero attached hydrogens (tertiary/aromatic N) is 6. The summed E-state index contributed by atoms with van der Waals surface area (Å²) in [7, 11) is 1.97. The Balaban J connectivity index is 1.51. The van der Waals surface area contributed by atoms with Crippen LogP contribution >= 0.6 is 0 Å². The van der Waals surface area contributed by atoms with Gasteiger partial charge in [0.25, 0.3) is 0 Å². The lowest BCUT2D eigenvalue weighted by Crippen LogP contribution is -2.38. The third-order valence-corrected chi connectivity index (χ3v) is 4.42. The van der Waals surface area contributed by atoms with Crippen LogP contribution in [0.3, 0.4) is 0 Å². The van der Waals surface area contributed by atoms with Gasteiger partial charge in [0.05, 0.1) is 23.7 Å². The van der Waals surface area contributed by atoms with E-state index in [1.807, 2.05) is 36.1 Å². The first kappa shape index (κ1) is 15.9. The molecule has 3 aromatic rings. The second-order valence-electron chi connectivity index (χ2n) is 6.12. The maximum atomic E-state index is 5.98. The van der Waals surface area contributed by atoms with Crippen molar-refractivity contribution in [3.63, 3.8) is 0 Å². The number of hydrogen-bond acceptors (Lipinski definition) is 6. The lowest BCUT2D eigenvalue weighted by Gasteiger charge is -2.32. The fraction of sp³-hybridized carbons (Fsp3) is 0.333. The molecule has 7 heteroatoms. The molecule has 128 valence electrons. The van der Waals surface area contributed by atoms with Crippen LogP contribution in [0.4, 0.5) is 0 Å². The fourth-order valence-corrected chi connectivity index (χ4v) is 3.03. The molecule has 1 aliphatic heterocycles. The minimum atomic E-state index is -0.0356. The van der Waals surface area contributed by atoms with Gasteiger partial charge in [-0.25, -0.2) is 15.0 Å². The van der Waals surface area contributed by atoms with Crippen LogP contribution in [0.1, 0.15) is 17.5 Å². The van der Waals surface area contributed by atoms with E-state index in [4.69, 9.17) is 9.72 Å². The van der Waals surface area contributed by atoms with Gasteiger partial charge in [0.2, 0.25) is 0 Å². The van der Waals surface area contributed by atoms with E-state index in [1.54, 1.807) is 12.4 Å². The molecule has 0 saturated carbocycles. The number of aromatic nitrogens is 5. The van der Waals surface area contributed by atoms with Crippen molar-refractivity contribution in [1.82, 2.24) is 29.6 Å². The number of rotatable bonds is 4. The highest BCUT2D eigenvalue weighted by atomic mass is 16.5. The number of aryl methyl sites for hydroxylation is 1. The Bertz CT molecular complexity index is 834. The molecule has 0 amide bonds. The summed E-state index contributed by atoms with van der Waals surface area (Å²) in [6, 6.07) is 8.05. The molecular weight excluding hydrogens is 316 g/mol. The molecule has 4 heterocycles. The van der Waals surface area contributed by atoms with E-state index in [0.29, 0.717) is 6.61 Å². The van der Waals surface area contributed by atoms with Crippen molar-refractivity contribution in [3.8, 4) is 11.3 Å². The summed E-state index contributed by atoms with van der Waals surface area (Å²) in [5.74, 6) is 0. The van der Waals surface area contributed by atoms with Gasteiger partial charge < -0.3 is 4.74 Å². The molecule has 0 bridgehead atoms. The largest absolute Gasteiger partial charge is 0.369 e. The number of ether oxygens (including phenoxy) is 1. The van der Waals surface area contributed by atoms with Gasteiger partial charge in [0, 0.05) is 50.8 Å². The highest BCUT2D eigenvalue weighted by Gasteiger charge is 2.24. The Hall–Kier alpha value is -2.64. The minimum absolute atomic E-state index is 0.0356. The standard InChI is InChI=1S/C18H20N6O/c1-23-15(5-6-21-23)11-24-7-8-25-18(12-24)17-4-2-3-16(22-17)14-9-19-13-20-10-14/h2-6,9-10,13,18H,7-8,11-12H2,1H3/t18-/m0/s1. The topological polar surface area (TPSA) is 69.0 Å². The van der Waals surface area contributed by atoms with Crippen molar-refractivity contribution >= 4 is 0 Å². The second-order valence-corrected chi connectivity index (χ2v) is 6.12. The van der Waals surface area contributed by atoms with E-state index in [1.165, 1.54) is 12.0 Å². The molecule has 4 rings (SSSR count). The molecule has 7 nitrogen and oxygen atoms in total. The highest BCUT2D eigenvalue weighted by molar-refractivity contribution is 5.56. The lowest BCUT2D eigenvalue weighted by molar-refractivity contribution is -0.0355. The number of hydrogen-bond donors (Lipinski definition) is 0. The second kappa shape index (κ2) is 7.08. The summed E-state index contributed by atoms with van der Waals surface area (Å²) >= 11 is 0. The number of morpholine rings is 1. The van der Waals surface area contributed by atoms with Gasteiger partial charge in [-0.15, -0.1) is 0 Å². The van der Waals surface area contributed by atoms with Crippen molar-refractivity contribution in [2.75, 3.05) is 19.7 Å². The Morgan fingerprint density at radius 2 is 2.08 bits per heavy atom. The van der Waals surface area contributed by atoms with Crippen LogP contribution in [0.15, 0.2) is 49.2 Å². The summed E-state index contributed by atoms with van der Waals surface area (Å²) in [6.45, 7) is 3.28. The molecule has 0 aliphatic carbocycles. The quantitative estimate of drug-likeness (QED) is 0.724. The Morgan fingerprint density at radius 3 is 2.88 bits per heavy atom. The van der Waals surface area contributed by atoms with E-state index in [-0.39, 0.29) is 6.10 Å². The van der Waals surface area contributed by atoms with Crippen LogP contribution in [-0.2, 0) is 18.3 Å². The van der Waals surface area contributed by atoms with Crippen molar-refractivity contribution in [1.29, 1.82) is 0 Å². The van der Waals surface area contributed by atoms with Crippen molar-refractivity contribution in [3.05, 3.63) is 60.6 Å². The van der Waals surface area contributed by atoms with E-state index in [9.17, 15) is 0 Å². The van der Waals surface area contributed by atoms with Gasteiger partial charge in [-0.3, -0.25) is 9.58 Å². The van der Waals surface area contributed by atoms with Crippen LogP contribution in [0.2, 0.25) is 0 Å². The SMILES string of the molecule is Cn1nccc1CN1CCO[C@H](c2cccc(-c3cncnc3)n2)C1. The summed E-state index contributed by atoms with van der Waals surface area (Å²) in [6.07, 6.45) is 6.87. The van der Waals surface area contributed by atoms with Crippen LogP contribution in [0.5, 0.6) is 0 Å². The summed E-state index contributed by atoms with van der Waals surface area (Å²) in [4.78, 5) is 15.3. The Kier molecular flexibility index (Phi) is 4.49. The Morgan fingerprint density at radius 1 is 1.20 bits per heavy atom. The average Bonchev–Trinajstić information content (AvgIpc) is 3.07. The molecule has 1 atom stereocenters. The van der Waals surface area contributed by atoms with Crippen molar-refractivity contribution < 1.29 is 4.74 Å². The summed E-state index contributed by atoms with van der Waals surface area (Å²) < 4.78 is 7.89. The van der Waals surface area contributed by atoms with Gasteiger partial charge in [-0.05, 0) is 18.2 Å². The zero-order valence-corrected chi connectivity index (χ0v) is 14.1. The van der Waals surface area contributed by atoms with Gasteiger partial charge in [-0.2, -0.15) is 5.10 Å². The van der Waals surface area contributed by atoms with Gasteiger partial charge in [-0.1, -0.05) is 6.07 Å². The van der Waals surface area contributed by atoms with E-state index >= 15 is 0 Å². The van der Waals surface area contributed by atoms with Crippen molar-refractivity contribution in [2.45, 2.75) is 12.6 Å². The predicted octanol–water partition coefficient (Wildman–Crippen LogP) is 1.85. The molecule has 1 saturated heterocycles. The molecule has 0 radical (unpaired) electrons. The smallest absolute Gasteiger partial charge is 0.115 e. The monoisotopic (exact) mass is 336 g/mol. The van der Waals surface area contributed by atoms with Crippen LogP contribution in [0, 0.1) is 0 Å². The summed E-state index contributed by atoms with van der Waals surface area (Å²) in [5.41, 5.74) is 3.91. The first-order valence-electron chi connectivity index (χ1n) is 8.33. The molecule has 0 spiro atoms. The lowest BCUT2D eigenvalue weighted by atomic mass is 10.1. The number of pyridine rings is 1. The van der Waals surface area contributed by atoms with Gasteiger partial charge in [0.15, 0.2) is 0 Å². The third kappa shape index (κ3) is 3.57. The van der Waals surface area contributed by atoms with Gasteiger partial charge in [0.1, 0.15) is 12.4 Å². The van der Waals surface area contributed by atoms with Crippen LogP contribution in [0.25, 0.3) is 11.3 Å². The Labute approximate surface area is 146 Å². The van der Waals surface area contributed by atoms with Crippen molar-refractivity contribution in [2.24, 2.45) is 7.05 Å². The zero-order chi connectivity index (χ0) is 17.1. The van der Waals surface area contributed by atoms with Crippen LogP contribution in [-0.4, -0.2) is 49.3 Å². The van der Waals surface area contributed by atoms with E-state index in [0.717, 1.165) is 36.6 Å². The van der Waals surface area contributed by atoms with Gasteiger partial charge >= 0.3 is 0 Å². The predicted molar refractivity (Wildman–Crippen MR) is 92.4 cm³/mol. The van der Waals surface area contributed by atoms with E-state index in [2.05, 4.69) is 26.0 Å². The third-order valence-electron chi connectivity index (χ3n) is 4.42. The highest BCUT2D eigenvalue weighted by Crippen LogP contribution is 2.24. The molecule has 1 fully saturated rings. The normalized spacial score (nSPS) is 18.4. The summed E-state index contributed by atoms with van der Waals surface area (Å²) in [5, 5.41) is 4.24. The maximum absolute atomic E-state index is 5.98. The first-order valence-corrected chi connectivity index (χ1v) is 8.33. The molecule has 0 unspecified atom stereocenters. The molecule has 0 aromatic carbocycles. The first-order chi connectivity index (χ1) is 12.3. The molecule has 0 N–H and O–H groups in total. The average molecular weight is 336 g/mol. The molecule has 3 aromatic heterocycles.